The lowest BCUT2D eigenvalue weighted by Crippen LogP contribution is -2.40. The summed E-state index contributed by atoms with van der Waals surface area (Å²) in [5, 5.41) is 2.74. The van der Waals surface area contributed by atoms with Gasteiger partial charge in [0.25, 0.3) is 0 Å². The van der Waals surface area contributed by atoms with Crippen LogP contribution in [0.15, 0.2) is 24.3 Å². The van der Waals surface area contributed by atoms with E-state index in [1.54, 1.807) is 6.92 Å². The third-order valence-electron chi connectivity index (χ3n) is 3.03. The van der Waals surface area contributed by atoms with Gasteiger partial charge < -0.3 is 11.1 Å². The van der Waals surface area contributed by atoms with Gasteiger partial charge in [0.1, 0.15) is 15.9 Å². The summed E-state index contributed by atoms with van der Waals surface area (Å²) in [6, 6.07) is 6.47. The summed E-state index contributed by atoms with van der Waals surface area (Å²) in [5.41, 5.74) is 7.73. The fourth-order valence-electron chi connectivity index (χ4n) is 1.72. The molecule has 0 saturated heterocycles. The lowest BCUT2D eigenvalue weighted by molar-refractivity contribution is -0.123. The van der Waals surface area contributed by atoms with Crippen LogP contribution in [0.5, 0.6) is 0 Å². The van der Waals surface area contributed by atoms with E-state index in [1.807, 2.05) is 31.2 Å². The van der Waals surface area contributed by atoms with Crippen molar-refractivity contribution >= 4 is 15.7 Å². The number of hydrogen-bond donors (Lipinski definition) is 2. The standard InChI is InChI=1S/C14H22N2O3S/c1-10-4-6-12(7-5-10)13(15)14(17)16-11(2)8-9-20(3,18)19/h4-7,11,13H,8-9,15H2,1-3H3,(H,16,17). The van der Waals surface area contributed by atoms with Crippen molar-refractivity contribution in [2.75, 3.05) is 12.0 Å². The van der Waals surface area contributed by atoms with Gasteiger partial charge in [0.2, 0.25) is 5.91 Å². The Labute approximate surface area is 120 Å². The highest BCUT2D eigenvalue weighted by molar-refractivity contribution is 7.90. The zero-order valence-electron chi connectivity index (χ0n) is 12.1. The molecule has 1 amide bonds. The van der Waals surface area contributed by atoms with E-state index in [2.05, 4.69) is 5.32 Å². The van der Waals surface area contributed by atoms with Crippen molar-refractivity contribution in [3.8, 4) is 0 Å². The van der Waals surface area contributed by atoms with Crippen molar-refractivity contribution in [1.29, 1.82) is 0 Å². The quantitative estimate of drug-likeness (QED) is 0.817. The predicted molar refractivity (Wildman–Crippen MR) is 80.0 cm³/mol. The highest BCUT2D eigenvalue weighted by Crippen LogP contribution is 2.12. The number of nitrogens with one attached hydrogen (secondary N) is 1. The first kappa shape index (κ1) is 16.7. The number of sulfone groups is 1. The van der Waals surface area contributed by atoms with E-state index < -0.39 is 15.9 Å². The summed E-state index contributed by atoms with van der Waals surface area (Å²) >= 11 is 0. The van der Waals surface area contributed by atoms with Crippen LogP contribution >= 0.6 is 0 Å². The Bertz CT molecular complexity index is 552. The molecule has 1 aromatic carbocycles. The molecule has 6 heteroatoms. The first-order chi connectivity index (χ1) is 9.19. The number of nitrogens with two attached hydrogens (primary N) is 1. The summed E-state index contributed by atoms with van der Waals surface area (Å²) in [6.07, 6.45) is 1.56. The second kappa shape index (κ2) is 6.85. The van der Waals surface area contributed by atoms with Gasteiger partial charge in [-0.05, 0) is 25.8 Å². The van der Waals surface area contributed by atoms with Crippen LogP contribution in [-0.4, -0.2) is 32.4 Å². The van der Waals surface area contributed by atoms with Gasteiger partial charge in [-0.2, -0.15) is 0 Å². The van der Waals surface area contributed by atoms with Crippen LogP contribution in [-0.2, 0) is 14.6 Å². The van der Waals surface area contributed by atoms with Crippen molar-refractivity contribution in [1.82, 2.24) is 5.32 Å². The van der Waals surface area contributed by atoms with Crippen molar-refractivity contribution in [2.24, 2.45) is 5.73 Å². The van der Waals surface area contributed by atoms with Crippen LogP contribution in [0.25, 0.3) is 0 Å². The predicted octanol–water partition coefficient (Wildman–Crippen LogP) is 0.934. The molecule has 2 atom stereocenters. The van der Waals surface area contributed by atoms with Crippen molar-refractivity contribution in [3.63, 3.8) is 0 Å². The topological polar surface area (TPSA) is 89.3 Å². The molecule has 112 valence electrons. The summed E-state index contributed by atoms with van der Waals surface area (Å²) in [6.45, 7) is 3.73. The zero-order valence-corrected chi connectivity index (χ0v) is 12.9. The molecule has 0 spiro atoms. The van der Waals surface area contributed by atoms with Gasteiger partial charge in [0.15, 0.2) is 0 Å². The van der Waals surface area contributed by atoms with Crippen LogP contribution in [0.4, 0.5) is 0 Å². The van der Waals surface area contributed by atoms with Gasteiger partial charge in [-0.1, -0.05) is 29.8 Å². The molecule has 5 nitrogen and oxygen atoms in total. The second-order valence-corrected chi connectivity index (χ2v) is 7.48. The molecule has 0 radical (unpaired) electrons. The van der Waals surface area contributed by atoms with E-state index in [0.717, 1.165) is 11.1 Å². The van der Waals surface area contributed by atoms with Crippen LogP contribution in [0, 0.1) is 6.92 Å². The Balaban J connectivity index is 2.55. The summed E-state index contributed by atoms with van der Waals surface area (Å²) in [4.78, 5) is 12.0. The molecule has 3 N–H and O–H groups in total. The number of carbonyl (C=O) groups excluding carboxylic acids is 1. The first-order valence-electron chi connectivity index (χ1n) is 6.49. The van der Waals surface area contributed by atoms with Gasteiger partial charge in [-0.25, -0.2) is 8.42 Å². The van der Waals surface area contributed by atoms with Crippen molar-refractivity contribution in [3.05, 3.63) is 35.4 Å². The highest BCUT2D eigenvalue weighted by Gasteiger charge is 2.18. The van der Waals surface area contributed by atoms with Crippen molar-refractivity contribution < 1.29 is 13.2 Å². The average molecular weight is 298 g/mol. The van der Waals surface area contributed by atoms with Gasteiger partial charge >= 0.3 is 0 Å². The smallest absolute Gasteiger partial charge is 0.241 e. The van der Waals surface area contributed by atoms with E-state index in [9.17, 15) is 13.2 Å². The lowest BCUT2D eigenvalue weighted by Gasteiger charge is -2.17. The number of carbonyl (C=O) groups is 1. The molecule has 0 aliphatic carbocycles. The number of aryl methyl sites for hydroxylation is 1. The number of rotatable bonds is 6. The molecule has 0 fully saturated rings. The van der Waals surface area contributed by atoms with Crippen LogP contribution in [0.3, 0.4) is 0 Å². The minimum atomic E-state index is -3.01. The van der Waals surface area contributed by atoms with E-state index >= 15 is 0 Å². The van der Waals surface area contributed by atoms with E-state index in [1.165, 1.54) is 6.26 Å². The van der Waals surface area contributed by atoms with Crippen LogP contribution in [0.1, 0.15) is 30.5 Å². The maximum atomic E-state index is 12.0. The van der Waals surface area contributed by atoms with Crippen molar-refractivity contribution in [2.45, 2.75) is 32.4 Å². The maximum absolute atomic E-state index is 12.0. The normalized spacial score (nSPS) is 14.6. The van der Waals surface area contributed by atoms with Gasteiger partial charge in [-0.15, -0.1) is 0 Å². The fraction of sp³-hybridized carbons (Fsp3) is 0.500. The molecule has 0 heterocycles. The van der Waals surface area contributed by atoms with Crippen LogP contribution < -0.4 is 11.1 Å². The SMILES string of the molecule is Cc1ccc(C(N)C(=O)NC(C)CCS(C)(=O)=O)cc1. The second-order valence-electron chi connectivity index (χ2n) is 5.22. The first-order valence-corrected chi connectivity index (χ1v) is 8.55. The van der Waals surface area contributed by atoms with E-state index in [-0.39, 0.29) is 17.7 Å². The summed E-state index contributed by atoms with van der Waals surface area (Å²) in [5.74, 6) is -0.247. The highest BCUT2D eigenvalue weighted by atomic mass is 32.2. The zero-order chi connectivity index (χ0) is 15.3. The largest absolute Gasteiger partial charge is 0.352 e. The molecular weight excluding hydrogens is 276 g/mol. The summed E-state index contributed by atoms with van der Waals surface area (Å²) < 4.78 is 22.1. The number of amides is 1. The maximum Gasteiger partial charge on any atom is 0.241 e. The third-order valence-corrected chi connectivity index (χ3v) is 4.01. The Kier molecular flexibility index (Phi) is 5.71. The minimum absolute atomic E-state index is 0.0498. The molecule has 20 heavy (non-hydrogen) atoms. The Morgan fingerprint density at radius 1 is 1.30 bits per heavy atom. The number of hydrogen-bond acceptors (Lipinski definition) is 4. The molecule has 2 unspecified atom stereocenters. The van der Waals surface area contributed by atoms with Crippen LogP contribution in [0.2, 0.25) is 0 Å². The molecular formula is C14H22N2O3S. The van der Waals surface area contributed by atoms with E-state index in [0.29, 0.717) is 6.42 Å². The monoisotopic (exact) mass is 298 g/mol. The Hall–Kier alpha value is -1.40. The average Bonchev–Trinajstić information content (AvgIpc) is 2.35. The molecule has 0 aliphatic heterocycles. The molecule has 1 aromatic rings. The van der Waals surface area contributed by atoms with Gasteiger partial charge in [0.05, 0.1) is 5.75 Å². The minimum Gasteiger partial charge on any atom is -0.352 e. The molecule has 0 aliphatic rings. The molecule has 1 rings (SSSR count). The molecule has 0 bridgehead atoms. The van der Waals surface area contributed by atoms with E-state index in [4.69, 9.17) is 5.73 Å². The Morgan fingerprint density at radius 2 is 1.85 bits per heavy atom. The van der Waals surface area contributed by atoms with Gasteiger partial charge in [-0.3, -0.25) is 4.79 Å². The van der Waals surface area contributed by atoms with Gasteiger partial charge in [0, 0.05) is 12.3 Å². The molecule has 0 saturated carbocycles. The molecule has 0 aromatic heterocycles. The Morgan fingerprint density at radius 3 is 2.35 bits per heavy atom. The third kappa shape index (κ3) is 5.71. The number of benzene rings is 1. The lowest BCUT2D eigenvalue weighted by atomic mass is 10.0. The fourth-order valence-corrected chi connectivity index (χ4v) is 2.50. The summed E-state index contributed by atoms with van der Waals surface area (Å²) in [7, 11) is -3.01.